The average molecular weight is 438 g/mol. The summed E-state index contributed by atoms with van der Waals surface area (Å²) in [6.45, 7) is 2.40. The van der Waals surface area contributed by atoms with Gasteiger partial charge in [0.1, 0.15) is 17.7 Å². The van der Waals surface area contributed by atoms with Crippen LogP contribution in [0.2, 0.25) is 10.0 Å². The van der Waals surface area contributed by atoms with Crippen molar-refractivity contribution >= 4 is 29.2 Å². The number of carboxylic acid groups (broad SMARTS) is 1. The number of hydrogen-bond acceptors (Lipinski definition) is 3. The summed E-state index contributed by atoms with van der Waals surface area (Å²) in [6, 6.07) is 8.54. The molecule has 2 fully saturated rings. The molecule has 0 radical (unpaired) electrons. The first-order valence-electron chi connectivity index (χ1n) is 9.81. The summed E-state index contributed by atoms with van der Waals surface area (Å²) >= 11 is 12.1. The smallest absolute Gasteiger partial charge is 0.338 e. The van der Waals surface area contributed by atoms with E-state index in [-0.39, 0.29) is 17.6 Å². The van der Waals surface area contributed by atoms with E-state index in [1.54, 1.807) is 12.1 Å². The Morgan fingerprint density at radius 1 is 1.17 bits per heavy atom. The summed E-state index contributed by atoms with van der Waals surface area (Å²) in [7, 11) is 0. The van der Waals surface area contributed by atoms with Crippen molar-refractivity contribution in [3.63, 3.8) is 0 Å². The van der Waals surface area contributed by atoms with E-state index in [1.807, 2.05) is 12.1 Å². The SMILES string of the molecule is O=C(O)c1ccc(O[C@H]2CCCN(Cc3ccc(Cl)c(Cl)c3)C2)c(C2CC2)c1F. The van der Waals surface area contributed by atoms with E-state index < -0.39 is 11.8 Å². The maximum atomic E-state index is 14.8. The number of ether oxygens (including phenoxy) is 1. The van der Waals surface area contributed by atoms with Gasteiger partial charge in [-0.25, -0.2) is 9.18 Å². The minimum absolute atomic E-state index is 0.0557. The van der Waals surface area contributed by atoms with Crippen molar-refractivity contribution in [1.29, 1.82) is 0 Å². The van der Waals surface area contributed by atoms with Crippen LogP contribution in [0.25, 0.3) is 0 Å². The van der Waals surface area contributed by atoms with Crippen LogP contribution >= 0.6 is 23.2 Å². The molecule has 4 rings (SSSR count). The normalized spacial score (nSPS) is 19.9. The van der Waals surface area contributed by atoms with Gasteiger partial charge in [-0.15, -0.1) is 0 Å². The van der Waals surface area contributed by atoms with Gasteiger partial charge < -0.3 is 9.84 Å². The molecule has 154 valence electrons. The minimum atomic E-state index is -1.25. The summed E-state index contributed by atoms with van der Waals surface area (Å²) in [4.78, 5) is 13.6. The van der Waals surface area contributed by atoms with Gasteiger partial charge in [-0.3, -0.25) is 4.90 Å². The van der Waals surface area contributed by atoms with Crippen LogP contribution in [-0.2, 0) is 6.54 Å². The molecular weight excluding hydrogens is 416 g/mol. The molecule has 1 aliphatic carbocycles. The van der Waals surface area contributed by atoms with Crippen LogP contribution in [-0.4, -0.2) is 35.2 Å². The van der Waals surface area contributed by atoms with Crippen molar-refractivity contribution in [1.82, 2.24) is 4.90 Å². The van der Waals surface area contributed by atoms with Gasteiger partial charge in [0.25, 0.3) is 0 Å². The molecule has 4 nitrogen and oxygen atoms in total. The number of benzene rings is 2. The third-order valence-electron chi connectivity index (χ3n) is 5.50. The van der Waals surface area contributed by atoms with E-state index in [0.29, 0.717) is 27.9 Å². The Hall–Kier alpha value is -1.82. The van der Waals surface area contributed by atoms with Crippen LogP contribution in [0.15, 0.2) is 30.3 Å². The summed E-state index contributed by atoms with van der Waals surface area (Å²) in [5, 5.41) is 10.3. The molecule has 2 aromatic rings. The first-order valence-corrected chi connectivity index (χ1v) is 10.6. The van der Waals surface area contributed by atoms with Crippen molar-refractivity contribution in [3.05, 3.63) is 62.9 Å². The Morgan fingerprint density at radius 3 is 2.66 bits per heavy atom. The molecule has 1 N–H and O–H groups in total. The lowest BCUT2D eigenvalue weighted by Crippen LogP contribution is -2.40. The third kappa shape index (κ3) is 4.68. The monoisotopic (exact) mass is 437 g/mol. The van der Waals surface area contributed by atoms with Crippen molar-refractivity contribution < 1.29 is 19.0 Å². The lowest BCUT2D eigenvalue weighted by Gasteiger charge is -2.33. The van der Waals surface area contributed by atoms with E-state index in [1.165, 1.54) is 6.07 Å². The zero-order valence-electron chi connectivity index (χ0n) is 15.8. The molecule has 1 saturated carbocycles. The molecule has 1 atom stereocenters. The van der Waals surface area contributed by atoms with Crippen molar-refractivity contribution in [3.8, 4) is 5.75 Å². The maximum Gasteiger partial charge on any atom is 0.338 e. The molecular formula is C22H22Cl2FNO3. The van der Waals surface area contributed by atoms with Crippen LogP contribution in [0.5, 0.6) is 5.75 Å². The van der Waals surface area contributed by atoms with E-state index in [2.05, 4.69) is 4.90 Å². The summed E-state index contributed by atoms with van der Waals surface area (Å²) < 4.78 is 21.0. The lowest BCUT2D eigenvalue weighted by molar-refractivity contribution is 0.0690. The Kier molecular flexibility index (Phi) is 6.00. The molecule has 2 aliphatic rings. The number of hydrogen-bond donors (Lipinski definition) is 1. The summed E-state index contributed by atoms with van der Waals surface area (Å²) in [5.74, 6) is -1.36. The first kappa shape index (κ1) is 20.5. The Bertz CT molecular complexity index is 933. The molecule has 1 saturated heterocycles. The van der Waals surface area contributed by atoms with Crippen molar-refractivity contribution in [2.45, 2.75) is 44.2 Å². The van der Waals surface area contributed by atoms with Gasteiger partial charge >= 0.3 is 5.97 Å². The Labute approximate surface area is 179 Å². The van der Waals surface area contributed by atoms with E-state index in [9.17, 15) is 14.3 Å². The topological polar surface area (TPSA) is 49.8 Å². The Balaban J connectivity index is 1.47. The van der Waals surface area contributed by atoms with Gasteiger partial charge in [0.15, 0.2) is 0 Å². The number of nitrogens with zero attached hydrogens (tertiary/aromatic N) is 1. The van der Waals surface area contributed by atoms with Crippen molar-refractivity contribution in [2.75, 3.05) is 13.1 Å². The predicted molar refractivity (Wildman–Crippen MR) is 111 cm³/mol. The number of carbonyl (C=O) groups is 1. The highest BCUT2D eigenvalue weighted by atomic mass is 35.5. The van der Waals surface area contributed by atoms with Crippen LogP contribution in [0.4, 0.5) is 4.39 Å². The molecule has 1 heterocycles. The third-order valence-corrected chi connectivity index (χ3v) is 6.24. The number of carboxylic acids is 1. The molecule has 1 aliphatic heterocycles. The van der Waals surface area contributed by atoms with Gasteiger partial charge in [-0.2, -0.15) is 0 Å². The molecule has 2 aromatic carbocycles. The molecule has 0 spiro atoms. The second kappa shape index (κ2) is 8.50. The van der Waals surface area contributed by atoms with Gasteiger partial charge in [-0.1, -0.05) is 29.3 Å². The molecule has 29 heavy (non-hydrogen) atoms. The fraction of sp³-hybridized carbons (Fsp3) is 0.409. The average Bonchev–Trinajstić information content (AvgIpc) is 3.50. The number of rotatable bonds is 6. The summed E-state index contributed by atoms with van der Waals surface area (Å²) in [6.07, 6.45) is 3.51. The largest absolute Gasteiger partial charge is 0.489 e. The second-order valence-electron chi connectivity index (χ2n) is 7.78. The van der Waals surface area contributed by atoms with Gasteiger partial charge in [0.05, 0.1) is 15.6 Å². The number of likely N-dealkylation sites (tertiary alicyclic amines) is 1. The first-order chi connectivity index (χ1) is 13.9. The van der Waals surface area contributed by atoms with Gasteiger partial charge in [-0.05, 0) is 68.0 Å². The molecule has 0 bridgehead atoms. The van der Waals surface area contributed by atoms with Crippen molar-refractivity contribution in [2.24, 2.45) is 0 Å². The van der Waals surface area contributed by atoms with Gasteiger partial charge in [0, 0.05) is 18.7 Å². The maximum absolute atomic E-state index is 14.8. The fourth-order valence-electron chi connectivity index (χ4n) is 3.92. The zero-order valence-corrected chi connectivity index (χ0v) is 17.3. The summed E-state index contributed by atoms with van der Waals surface area (Å²) in [5.41, 5.74) is 1.21. The van der Waals surface area contributed by atoms with Crippen LogP contribution in [0, 0.1) is 5.82 Å². The number of aromatic carboxylic acids is 1. The van der Waals surface area contributed by atoms with E-state index in [4.69, 9.17) is 27.9 Å². The molecule has 0 unspecified atom stereocenters. The highest BCUT2D eigenvalue weighted by molar-refractivity contribution is 6.42. The minimum Gasteiger partial charge on any atom is -0.489 e. The quantitative estimate of drug-likeness (QED) is 0.624. The number of piperidine rings is 1. The highest BCUT2D eigenvalue weighted by Crippen LogP contribution is 2.46. The standard InChI is InChI=1S/C22H22Cl2FNO3/c23-17-7-3-13(10-18(17)24)11-26-9-1-2-15(12-26)29-19-8-6-16(22(27)28)21(25)20(19)14-4-5-14/h3,6-8,10,14-15H,1-2,4-5,9,11-12H2,(H,27,28)/t15-/m0/s1. The zero-order chi connectivity index (χ0) is 20.5. The van der Waals surface area contributed by atoms with E-state index >= 15 is 0 Å². The highest BCUT2D eigenvalue weighted by Gasteiger charge is 2.33. The fourth-order valence-corrected chi connectivity index (χ4v) is 4.24. The Morgan fingerprint density at radius 2 is 1.97 bits per heavy atom. The molecule has 7 heteroatoms. The van der Waals surface area contributed by atoms with Crippen LogP contribution < -0.4 is 4.74 Å². The van der Waals surface area contributed by atoms with Crippen LogP contribution in [0.3, 0.4) is 0 Å². The van der Waals surface area contributed by atoms with Crippen LogP contribution in [0.1, 0.15) is 53.1 Å². The lowest BCUT2D eigenvalue weighted by atomic mass is 10.0. The van der Waals surface area contributed by atoms with Gasteiger partial charge in [0.2, 0.25) is 0 Å². The van der Waals surface area contributed by atoms with E-state index in [0.717, 1.165) is 44.3 Å². The predicted octanol–water partition coefficient (Wildman–Crippen LogP) is 5.75. The second-order valence-corrected chi connectivity index (χ2v) is 8.60. The molecule has 0 amide bonds. The number of halogens is 3. The molecule has 0 aromatic heterocycles.